The van der Waals surface area contributed by atoms with Crippen LogP contribution in [-0.4, -0.2) is 41.0 Å². The van der Waals surface area contributed by atoms with E-state index in [4.69, 9.17) is 9.57 Å². The first-order valence-electron chi connectivity index (χ1n) is 7.81. The number of ether oxygens (including phenoxy) is 1. The van der Waals surface area contributed by atoms with Gasteiger partial charge >= 0.3 is 5.97 Å². The van der Waals surface area contributed by atoms with Crippen LogP contribution >= 0.6 is 11.3 Å². The lowest BCUT2D eigenvalue weighted by Crippen LogP contribution is -2.32. The molecule has 0 N–H and O–H groups in total. The van der Waals surface area contributed by atoms with E-state index in [1.54, 1.807) is 19.1 Å². The Morgan fingerprint density at radius 3 is 2.56 bits per heavy atom. The van der Waals surface area contributed by atoms with Crippen LogP contribution in [0.5, 0.6) is 0 Å². The van der Waals surface area contributed by atoms with Crippen molar-refractivity contribution in [3.63, 3.8) is 0 Å². The van der Waals surface area contributed by atoms with Crippen LogP contribution < -0.4 is 0 Å². The fourth-order valence-electron chi connectivity index (χ4n) is 2.88. The van der Waals surface area contributed by atoms with E-state index in [0.29, 0.717) is 28.8 Å². The molecule has 1 aromatic heterocycles. The molecular formula is C17H14N2O5S. The van der Waals surface area contributed by atoms with E-state index in [0.717, 1.165) is 11.4 Å². The summed E-state index contributed by atoms with van der Waals surface area (Å²) >= 11 is 1.22. The number of hydroxylamine groups is 2. The molecule has 0 saturated carbocycles. The molecule has 128 valence electrons. The minimum Gasteiger partial charge on any atom is -0.381 e. The van der Waals surface area contributed by atoms with Gasteiger partial charge in [-0.3, -0.25) is 9.59 Å². The van der Waals surface area contributed by atoms with Crippen molar-refractivity contribution in [1.82, 2.24) is 10.0 Å². The van der Waals surface area contributed by atoms with Crippen molar-refractivity contribution in [2.45, 2.75) is 19.3 Å². The predicted octanol–water partition coefficient (Wildman–Crippen LogP) is 2.32. The van der Waals surface area contributed by atoms with Gasteiger partial charge in [0.2, 0.25) is 0 Å². The molecule has 8 heteroatoms. The van der Waals surface area contributed by atoms with Gasteiger partial charge in [0.05, 0.1) is 28.4 Å². The molecule has 1 unspecified atom stereocenters. The number of carbonyl (C=O) groups is 3. The third kappa shape index (κ3) is 2.63. The zero-order valence-electron chi connectivity index (χ0n) is 13.4. The van der Waals surface area contributed by atoms with Crippen molar-refractivity contribution in [3.05, 3.63) is 51.0 Å². The van der Waals surface area contributed by atoms with E-state index in [1.807, 2.05) is 0 Å². The highest BCUT2D eigenvalue weighted by molar-refractivity contribution is 7.13. The first kappa shape index (κ1) is 15.9. The number of aromatic nitrogens is 1. The summed E-state index contributed by atoms with van der Waals surface area (Å²) in [6.07, 6.45) is 0.861. The van der Waals surface area contributed by atoms with Gasteiger partial charge in [0.1, 0.15) is 4.88 Å². The zero-order chi connectivity index (χ0) is 17.6. The van der Waals surface area contributed by atoms with Gasteiger partial charge in [0.15, 0.2) is 0 Å². The summed E-state index contributed by atoms with van der Waals surface area (Å²) in [7, 11) is 0. The average molecular weight is 358 g/mol. The Bertz CT molecular complexity index is 850. The van der Waals surface area contributed by atoms with Gasteiger partial charge < -0.3 is 9.57 Å². The van der Waals surface area contributed by atoms with E-state index in [-0.39, 0.29) is 17.0 Å². The summed E-state index contributed by atoms with van der Waals surface area (Å²) in [5, 5.41) is 1.33. The quantitative estimate of drug-likeness (QED) is 0.783. The van der Waals surface area contributed by atoms with Crippen LogP contribution in [0.1, 0.15) is 53.4 Å². The Kier molecular flexibility index (Phi) is 3.85. The minimum atomic E-state index is -0.755. The molecule has 0 aliphatic carbocycles. The van der Waals surface area contributed by atoms with Gasteiger partial charge in [-0.25, -0.2) is 9.78 Å². The summed E-state index contributed by atoms with van der Waals surface area (Å²) < 4.78 is 5.35. The Balaban J connectivity index is 1.55. The summed E-state index contributed by atoms with van der Waals surface area (Å²) in [6, 6.07) is 6.36. The number of aryl methyl sites for hydroxylation is 1. The molecule has 0 spiro atoms. The molecule has 4 rings (SSSR count). The van der Waals surface area contributed by atoms with Crippen molar-refractivity contribution in [2.75, 3.05) is 13.2 Å². The fraction of sp³-hybridized carbons (Fsp3) is 0.294. The summed E-state index contributed by atoms with van der Waals surface area (Å²) in [4.78, 5) is 46.8. The molecule has 25 heavy (non-hydrogen) atoms. The van der Waals surface area contributed by atoms with Gasteiger partial charge in [-0.15, -0.1) is 11.3 Å². The molecule has 2 aromatic rings. The molecule has 7 nitrogen and oxygen atoms in total. The van der Waals surface area contributed by atoms with Crippen LogP contribution in [0.3, 0.4) is 0 Å². The number of carbonyl (C=O) groups excluding carboxylic acids is 3. The van der Waals surface area contributed by atoms with Gasteiger partial charge in [0.25, 0.3) is 11.8 Å². The van der Waals surface area contributed by atoms with Crippen LogP contribution in [0.4, 0.5) is 0 Å². The van der Waals surface area contributed by atoms with E-state index in [9.17, 15) is 14.4 Å². The number of amides is 2. The molecule has 3 heterocycles. The van der Waals surface area contributed by atoms with Crippen LogP contribution in [0.25, 0.3) is 0 Å². The summed E-state index contributed by atoms with van der Waals surface area (Å²) in [6.45, 7) is 2.97. The lowest BCUT2D eigenvalue weighted by molar-refractivity contribution is -0.0581. The van der Waals surface area contributed by atoms with Crippen molar-refractivity contribution in [3.8, 4) is 0 Å². The third-order valence-corrected chi connectivity index (χ3v) is 5.51. The van der Waals surface area contributed by atoms with E-state index < -0.39 is 17.8 Å². The highest BCUT2D eigenvalue weighted by Crippen LogP contribution is 2.31. The van der Waals surface area contributed by atoms with Crippen LogP contribution in [0.2, 0.25) is 0 Å². The molecule has 1 fully saturated rings. The summed E-state index contributed by atoms with van der Waals surface area (Å²) in [5.41, 5.74) is 0.976. The van der Waals surface area contributed by atoms with E-state index >= 15 is 0 Å². The number of thiazole rings is 1. The van der Waals surface area contributed by atoms with Crippen molar-refractivity contribution < 1.29 is 24.0 Å². The second-order valence-corrected chi connectivity index (χ2v) is 6.89. The maximum Gasteiger partial charge on any atom is 0.375 e. The Labute approximate surface area is 147 Å². The van der Waals surface area contributed by atoms with E-state index in [2.05, 4.69) is 4.98 Å². The normalized spacial score (nSPS) is 19.4. The molecule has 2 amide bonds. The monoisotopic (exact) mass is 358 g/mol. The largest absolute Gasteiger partial charge is 0.381 e. The topological polar surface area (TPSA) is 85.8 Å². The summed E-state index contributed by atoms with van der Waals surface area (Å²) in [5.74, 6) is -1.86. The second kappa shape index (κ2) is 6.05. The molecule has 2 aliphatic heterocycles. The Hall–Kier alpha value is -2.58. The van der Waals surface area contributed by atoms with Gasteiger partial charge in [-0.05, 0) is 25.5 Å². The Morgan fingerprint density at radius 1 is 1.28 bits per heavy atom. The fourth-order valence-corrected chi connectivity index (χ4v) is 3.94. The van der Waals surface area contributed by atoms with Crippen molar-refractivity contribution >= 4 is 29.1 Å². The number of imide groups is 1. The number of hydrogen-bond donors (Lipinski definition) is 0. The highest BCUT2D eigenvalue weighted by atomic mass is 32.1. The standard InChI is InChI=1S/C17H14N2O5S/c1-9-13(25-14(18-9)10-6-7-23-8-10)17(22)24-19-15(20)11-4-2-3-5-12(11)16(19)21/h2-5,10H,6-8H2,1H3. The lowest BCUT2D eigenvalue weighted by atomic mass is 10.1. The molecule has 1 aromatic carbocycles. The molecule has 0 radical (unpaired) electrons. The Morgan fingerprint density at radius 2 is 1.96 bits per heavy atom. The molecule has 0 bridgehead atoms. The molecule has 1 saturated heterocycles. The predicted molar refractivity (Wildman–Crippen MR) is 87.4 cm³/mol. The lowest BCUT2D eigenvalue weighted by Gasteiger charge is -2.11. The first-order chi connectivity index (χ1) is 12.1. The second-order valence-electron chi connectivity index (χ2n) is 5.86. The number of rotatable bonds is 3. The SMILES string of the molecule is Cc1nc(C2CCOC2)sc1C(=O)ON1C(=O)c2ccccc2C1=O. The maximum atomic E-state index is 12.5. The van der Waals surface area contributed by atoms with E-state index in [1.165, 1.54) is 23.5 Å². The average Bonchev–Trinajstić information content (AvgIpc) is 3.31. The number of benzene rings is 1. The van der Waals surface area contributed by atoms with Crippen LogP contribution in [-0.2, 0) is 9.57 Å². The van der Waals surface area contributed by atoms with Crippen molar-refractivity contribution in [2.24, 2.45) is 0 Å². The number of fused-ring (bicyclic) bond motifs is 1. The maximum absolute atomic E-state index is 12.5. The van der Waals surface area contributed by atoms with Crippen molar-refractivity contribution in [1.29, 1.82) is 0 Å². The van der Waals surface area contributed by atoms with Gasteiger partial charge in [-0.1, -0.05) is 17.2 Å². The molecular weight excluding hydrogens is 344 g/mol. The highest BCUT2D eigenvalue weighted by Gasteiger charge is 2.39. The minimum absolute atomic E-state index is 0.171. The van der Waals surface area contributed by atoms with Gasteiger partial charge in [0, 0.05) is 12.5 Å². The zero-order valence-corrected chi connectivity index (χ0v) is 14.2. The molecule has 1 atom stereocenters. The third-order valence-electron chi connectivity index (χ3n) is 4.21. The van der Waals surface area contributed by atoms with Gasteiger partial charge in [-0.2, -0.15) is 0 Å². The smallest absolute Gasteiger partial charge is 0.375 e. The van der Waals surface area contributed by atoms with Crippen LogP contribution in [0, 0.1) is 6.92 Å². The molecule has 2 aliphatic rings. The number of nitrogens with zero attached hydrogens (tertiary/aromatic N) is 2. The van der Waals surface area contributed by atoms with Crippen LogP contribution in [0.15, 0.2) is 24.3 Å². The number of hydrogen-bond acceptors (Lipinski definition) is 7. The first-order valence-corrected chi connectivity index (χ1v) is 8.63.